The van der Waals surface area contributed by atoms with Crippen molar-refractivity contribution in [2.45, 2.75) is 20.3 Å². The van der Waals surface area contributed by atoms with Crippen LogP contribution < -0.4 is 4.90 Å². The van der Waals surface area contributed by atoms with E-state index >= 15 is 0 Å². The highest BCUT2D eigenvalue weighted by Crippen LogP contribution is 2.31. The van der Waals surface area contributed by atoms with Gasteiger partial charge >= 0.3 is 0 Å². The zero-order valence-electron chi connectivity index (χ0n) is 11.2. The molecule has 0 N–H and O–H groups in total. The van der Waals surface area contributed by atoms with Crippen molar-refractivity contribution in [3.63, 3.8) is 0 Å². The van der Waals surface area contributed by atoms with Crippen LogP contribution >= 0.6 is 0 Å². The van der Waals surface area contributed by atoms with Crippen LogP contribution in [0.15, 0.2) is 18.2 Å². The summed E-state index contributed by atoms with van der Waals surface area (Å²) >= 11 is 0. The third-order valence-corrected chi connectivity index (χ3v) is 3.82. The Kier molecular flexibility index (Phi) is 3.70. The molecule has 0 saturated carbocycles. The van der Waals surface area contributed by atoms with Gasteiger partial charge in [0.25, 0.3) is 5.69 Å². The molecule has 0 radical (unpaired) electrons. The Morgan fingerprint density at radius 2 is 2.26 bits per heavy atom. The van der Waals surface area contributed by atoms with E-state index in [4.69, 9.17) is 5.26 Å². The first-order chi connectivity index (χ1) is 9.02. The van der Waals surface area contributed by atoms with Crippen LogP contribution in [0.5, 0.6) is 0 Å². The van der Waals surface area contributed by atoms with Crippen molar-refractivity contribution in [2.24, 2.45) is 11.8 Å². The van der Waals surface area contributed by atoms with Crippen LogP contribution in [0.3, 0.4) is 0 Å². The number of nitro groups is 1. The largest absolute Gasteiger partial charge is 0.370 e. The lowest BCUT2D eigenvalue weighted by Gasteiger charge is -2.21. The molecule has 100 valence electrons. The minimum absolute atomic E-state index is 0.0279. The van der Waals surface area contributed by atoms with E-state index in [0.29, 0.717) is 17.4 Å². The van der Waals surface area contributed by atoms with Gasteiger partial charge in [0.15, 0.2) is 0 Å². The zero-order chi connectivity index (χ0) is 14.0. The molecule has 1 unspecified atom stereocenters. The van der Waals surface area contributed by atoms with Crippen molar-refractivity contribution < 1.29 is 4.92 Å². The number of hydrogen-bond donors (Lipinski definition) is 0. The van der Waals surface area contributed by atoms with Gasteiger partial charge in [0.2, 0.25) is 0 Å². The summed E-state index contributed by atoms with van der Waals surface area (Å²) in [4.78, 5) is 12.4. The average molecular weight is 259 g/mol. The predicted octanol–water partition coefficient (Wildman–Crippen LogP) is 2.95. The third kappa shape index (κ3) is 2.68. The van der Waals surface area contributed by atoms with E-state index in [1.807, 2.05) is 0 Å². The van der Waals surface area contributed by atoms with E-state index in [-0.39, 0.29) is 5.69 Å². The summed E-state index contributed by atoms with van der Waals surface area (Å²) in [5.74, 6) is 1.25. The van der Waals surface area contributed by atoms with Gasteiger partial charge in [0.1, 0.15) is 6.07 Å². The summed E-state index contributed by atoms with van der Waals surface area (Å²) < 4.78 is 0. The normalized spacial score (nSPS) is 18.6. The number of benzene rings is 1. The van der Waals surface area contributed by atoms with Crippen molar-refractivity contribution >= 4 is 11.4 Å². The molecule has 19 heavy (non-hydrogen) atoms. The van der Waals surface area contributed by atoms with E-state index in [0.717, 1.165) is 25.2 Å². The number of non-ortho nitro benzene ring substituents is 1. The lowest BCUT2D eigenvalue weighted by Crippen LogP contribution is -2.22. The van der Waals surface area contributed by atoms with Gasteiger partial charge in [-0.2, -0.15) is 5.26 Å². The fourth-order valence-electron chi connectivity index (χ4n) is 2.55. The van der Waals surface area contributed by atoms with E-state index < -0.39 is 4.92 Å². The Bertz CT molecular complexity index is 534. The highest BCUT2D eigenvalue weighted by molar-refractivity contribution is 5.63. The molecule has 1 aromatic carbocycles. The lowest BCUT2D eigenvalue weighted by molar-refractivity contribution is -0.384. The number of nitrogens with zero attached hydrogens (tertiary/aromatic N) is 3. The number of nitriles is 1. The predicted molar refractivity (Wildman–Crippen MR) is 73.0 cm³/mol. The van der Waals surface area contributed by atoms with Crippen LogP contribution in [-0.4, -0.2) is 18.0 Å². The Morgan fingerprint density at radius 1 is 1.53 bits per heavy atom. The van der Waals surface area contributed by atoms with Crippen LogP contribution in [0.1, 0.15) is 25.8 Å². The smallest absolute Gasteiger partial charge is 0.270 e. The van der Waals surface area contributed by atoms with E-state index in [1.165, 1.54) is 12.1 Å². The molecule has 1 heterocycles. The molecule has 1 aromatic rings. The summed E-state index contributed by atoms with van der Waals surface area (Å²) in [5, 5.41) is 19.9. The first-order valence-corrected chi connectivity index (χ1v) is 6.46. The molecule has 1 saturated heterocycles. The van der Waals surface area contributed by atoms with Gasteiger partial charge in [0.05, 0.1) is 16.2 Å². The quantitative estimate of drug-likeness (QED) is 0.618. The molecule has 2 rings (SSSR count). The van der Waals surface area contributed by atoms with Crippen LogP contribution in [-0.2, 0) is 0 Å². The summed E-state index contributed by atoms with van der Waals surface area (Å²) in [6.07, 6.45) is 1.11. The van der Waals surface area contributed by atoms with Crippen molar-refractivity contribution in [1.82, 2.24) is 0 Å². The molecule has 5 heteroatoms. The van der Waals surface area contributed by atoms with Crippen LogP contribution in [0.25, 0.3) is 0 Å². The molecule has 0 aliphatic carbocycles. The van der Waals surface area contributed by atoms with E-state index in [1.54, 1.807) is 6.07 Å². The van der Waals surface area contributed by atoms with Crippen molar-refractivity contribution in [3.8, 4) is 6.07 Å². The Balaban J connectivity index is 2.27. The maximum Gasteiger partial charge on any atom is 0.270 e. The van der Waals surface area contributed by atoms with Crippen molar-refractivity contribution in [1.29, 1.82) is 5.26 Å². The fraction of sp³-hybridized carbons (Fsp3) is 0.500. The van der Waals surface area contributed by atoms with Gasteiger partial charge in [0, 0.05) is 25.2 Å². The van der Waals surface area contributed by atoms with Gasteiger partial charge in [-0.1, -0.05) is 13.8 Å². The minimum atomic E-state index is -0.467. The maximum atomic E-state index is 10.7. The Labute approximate surface area is 112 Å². The molecule has 1 aliphatic heterocycles. The van der Waals surface area contributed by atoms with Gasteiger partial charge in [-0.25, -0.2) is 0 Å². The highest BCUT2D eigenvalue weighted by Gasteiger charge is 2.26. The third-order valence-electron chi connectivity index (χ3n) is 3.82. The molecule has 1 fully saturated rings. The molecule has 0 amide bonds. The molecule has 0 aromatic heterocycles. The second-order valence-corrected chi connectivity index (χ2v) is 5.31. The zero-order valence-corrected chi connectivity index (χ0v) is 11.2. The highest BCUT2D eigenvalue weighted by atomic mass is 16.6. The number of hydrogen-bond acceptors (Lipinski definition) is 4. The van der Waals surface area contributed by atoms with Gasteiger partial charge in [-0.3, -0.25) is 10.1 Å². The first-order valence-electron chi connectivity index (χ1n) is 6.46. The van der Waals surface area contributed by atoms with E-state index in [2.05, 4.69) is 24.8 Å². The van der Waals surface area contributed by atoms with Crippen molar-refractivity contribution in [2.75, 3.05) is 18.0 Å². The number of rotatable bonds is 3. The summed E-state index contributed by atoms with van der Waals surface area (Å²) in [6.45, 7) is 6.24. The van der Waals surface area contributed by atoms with Gasteiger partial charge < -0.3 is 4.90 Å². The topological polar surface area (TPSA) is 70.2 Å². The SMILES string of the molecule is CC(C)C1CCN(c2ccc([N+](=O)[O-])cc2C#N)C1. The Morgan fingerprint density at radius 3 is 2.79 bits per heavy atom. The molecule has 0 bridgehead atoms. The fourth-order valence-corrected chi connectivity index (χ4v) is 2.55. The van der Waals surface area contributed by atoms with E-state index in [9.17, 15) is 10.1 Å². The Hall–Kier alpha value is -2.09. The summed E-state index contributed by atoms with van der Waals surface area (Å²) in [5.41, 5.74) is 1.18. The van der Waals surface area contributed by atoms with Crippen LogP contribution in [0, 0.1) is 33.3 Å². The summed E-state index contributed by atoms with van der Waals surface area (Å²) in [7, 11) is 0. The second-order valence-electron chi connectivity index (χ2n) is 5.31. The second kappa shape index (κ2) is 5.27. The first kappa shape index (κ1) is 13.3. The molecule has 5 nitrogen and oxygen atoms in total. The average Bonchev–Trinajstić information content (AvgIpc) is 2.87. The maximum absolute atomic E-state index is 10.7. The molecule has 1 aliphatic rings. The number of nitro benzene ring substituents is 1. The van der Waals surface area contributed by atoms with Crippen molar-refractivity contribution in [3.05, 3.63) is 33.9 Å². The van der Waals surface area contributed by atoms with Crippen LogP contribution in [0.2, 0.25) is 0 Å². The standard InChI is InChI=1S/C14H17N3O2/c1-10(2)11-5-6-16(9-11)14-4-3-13(17(18)19)7-12(14)8-15/h3-4,7,10-11H,5-6,9H2,1-2H3. The van der Waals surface area contributed by atoms with Crippen LogP contribution in [0.4, 0.5) is 11.4 Å². The lowest BCUT2D eigenvalue weighted by atomic mass is 9.95. The van der Waals surface area contributed by atoms with Gasteiger partial charge in [-0.05, 0) is 24.3 Å². The monoisotopic (exact) mass is 259 g/mol. The minimum Gasteiger partial charge on any atom is -0.370 e. The molecular weight excluding hydrogens is 242 g/mol. The molecule has 0 spiro atoms. The molecule has 1 atom stereocenters. The number of anilines is 1. The molecular formula is C14H17N3O2. The van der Waals surface area contributed by atoms with Gasteiger partial charge in [-0.15, -0.1) is 0 Å². The summed E-state index contributed by atoms with van der Waals surface area (Å²) in [6, 6.07) is 6.59.